The van der Waals surface area contributed by atoms with Crippen LogP contribution in [0.3, 0.4) is 0 Å². The zero-order chi connectivity index (χ0) is 22.1. The third-order valence-corrected chi connectivity index (χ3v) is 4.51. The Morgan fingerprint density at radius 2 is 1.63 bits per heavy atom. The van der Waals surface area contributed by atoms with Crippen LogP contribution in [0.2, 0.25) is 0 Å². The van der Waals surface area contributed by atoms with Crippen molar-refractivity contribution in [2.45, 2.75) is 46.6 Å². The number of Topliss-reactive ketones (excluding diaryl/α,β-unsaturated/α-hetero) is 1. The number of carbonyl (C=O) groups excluding carboxylic acids is 3. The molecule has 0 unspecified atom stereocenters. The lowest BCUT2D eigenvalue weighted by atomic mass is 10.1. The smallest absolute Gasteiger partial charge is 0.306 e. The van der Waals surface area contributed by atoms with Crippen LogP contribution in [0.25, 0.3) is 0 Å². The zero-order valence-corrected chi connectivity index (χ0v) is 17.9. The van der Waals surface area contributed by atoms with Crippen LogP contribution in [0.4, 0.5) is 5.69 Å². The number of esters is 1. The molecule has 6 nitrogen and oxygen atoms in total. The van der Waals surface area contributed by atoms with Gasteiger partial charge in [-0.3, -0.25) is 14.4 Å². The number of hydrogen-bond acceptors (Lipinski definition) is 5. The number of ketones is 1. The second-order valence-electron chi connectivity index (χ2n) is 7.26. The number of para-hydroxylation sites is 1. The molecule has 0 fully saturated rings. The largest absolute Gasteiger partial charge is 0.494 e. The van der Waals surface area contributed by atoms with Crippen molar-refractivity contribution in [3.05, 3.63) is 59.7 Å². The van der Waals surface area contributed by atoms with Gasteiger partial charge in [-0.15, -0.1) is 0 Å². The fourth-order valence-corrected chi connectivity index (χ4v) is 2.79. The molecule has 160 valence electrons. The van der Waals surface area contributed by atoms with Gasteiger partial charge in [-0.2, -0.15) is 0 Å². The van der Waals surface area contributed by atoms with Crippen LogP contribution in [0.15, 0.2) is 48.5 Å². The first-order valence-corrected chi connectivity index (χ1v) is 10.2. The molecule has 0 saturated heterocycles. The quantitative estimate of drug-likeness (QED) is 0.462. The van der Waals surface area contributed by atoms with Gasteiger partial charge < -0.3 is 14.8 Å². The topological polar surface area (TPSA) is 81.7 Å². The number of amides is 1. The fraction of sp³-hybridized carbons (Fsp3) is 0.375. The lowest BCUT2D eigenvalue weighted by Gasteiger charge is -2.14. The van der Waals surface area contributed by atoms with Gasteiger partial charge in [-0.25, -0.2) is 0 Å². The predicted octanol–water partition coefficient (Wildman–Crippen LogP) is 4.43. The number of rotatable bonds is 10. The van der Waals surface area contributed by atoms with E-state index in [0.717, 1.165) is 11.3 Å². The van der Waals surface area contributed by atoms with Crippen LogP contribution in [0, 0.1) is 5.92 Å². The van der Waals surface area contributed by atoms with Crippen molar-refractivity contribution >= 4 is 23.3 Å². The molecular formula is C24H29NO5. The Morgan fingerprint density at radius 1 is 0.967 bits per heavy atom. The van der Waals surface area contributed by atoms with E-state index in [0.29, 0.717) is 24.3 Å². The number of anilines is 1. The summed E-state index contributed by atoms with van der Waals surface area (Å²) in [5, 5.41) is 2.77. The van der Waals surface area contributed by atoms with Crippen molar-refractivity contribution in [3.8, 4) is 5.75 Å². The number of carbonyl (C=O) groups is 3. The standard InChI is InChI=1S/C24H29NO5/c1-5-29-21-9-7-6-8-18(21)12-15-22(26)30-17(4)23(27)19-10-13-20(14-11-19)25-24(28)16(2)3/h6-11,13-14,16-17H,5,12,15H2,1-4H3,(H,25,28)/t17-/m1/s1. The number of hydrogen-bond donors (Lipinski definition) is 1. The Morgan fingerprint density at radius 3 is 2.27 bits per heavy atom. The van der Waals surface area contributed by atoms with Crippen molar-refractivity contribution in [1.29, 1.82) is 0 Å². The third kappa shape index (κ3) is 6.72. The molecule has 2 aromatic carbocycles. The van der Waals surface area contributed by atoms with Gasteiger partial charge in [-0.1, -0.05) is 32.0 Å². The normalized spacial score (nSPS) is 11.6. The summed E-state index contributed by atoms with van der Waals surface area (Å²) in [4.78, 5) is 36.5. The van der Waals surface area contributed by atoms with Crippen LogP contribution in [-0.4, -0.2) is 30.4 Å². The van der Waals surface area contributed by atoms with Crippen molar-refractivity contribution in [3.63, 3.8) is 0 Å². The van der Waals surface area contributed by atoms with E-state index in [1.807, 2.05) is 31.2 Å². The minimum atomic E-state index is -0.893. The molecule has 1 atom stereocenters. The molecule has 0 aliphatic heterocycles. The molecule has 30 heavy (non-hydrogen) atoms. The molecule has 2 aromatic rings. The molecule has 6 heteroatoms. The van der Waals surface area contributed by atoms with Crippen LogP contribution in [0.5, 0.6) is 5.75 Å². The van der Waals surface area contributed by atoms with E-state index >= 15 is 0 Å². The number of nitrogens with one attached hydrogen (secondary N) is 1. The maximum absolute atomic E-state index is 12.6. The Balaban J connectivity index is 1.89. The summed E-state index contributed by atoms with van der Waals surface area (Å²) in [6, 6.07) is 14.1. The average molecular weight is 411 g/mol. The van der Waals surface area contributed by atoms with Crippen LogP contribution >= 0.6 is 0 Å². The van der Waals surface area contributed by atoms with E-state index in [-0.39, 0.29) is 24.0 Å². The van der Waals surface area contributed by atoms with Gasteiger partial charge in [-0.05, 0) is 56.2 Å². The number of benzene rings is 2. The molecule has 0 aliphatic carbocycles. The van der Waals surface area contributed by atoms with E-state index in [1.54, 1.807) is 45.0 Å². The first kappa shape index (κ1) is 23.1. The van der Waals surface area contributed by atoms with Crippen LogP contribution < -0.4 is 10.1 Å². The summed E-state index contributed by atoms with van der Waals surface area (Å²) < 4.78 is 10.9. The predicted molar refractivity (Wildman–Crippen MR) is 116 cm³/mol. The Labute approximate surface area is 177 Å². The average Bonchev–Trinajstić information content (AvgIpc) is 2.73. The van der Waals surface area contributed by atoms with Gasteiger partial charge in [0.25, 0.3) is 0 Å². The minimum absolute atomic E-state index is 0.0951. The van der Waals surface area contributed by atoms with Crippen molar-refractivity contribution < 1.29 is 23.9 Å². The molecule has 0 aliphatic rings. The monoisotopic (exact) mass is 411 g/mol. The molecular weight excluding hydrogens is 382 g/mol. The Bertz CT molecular complexity index is 873. The molecule has 2 rings (SSSR count). The summed E-state index contributed by atoms with van der Waals surface area (Å²) in [7, 11) is 0. The van der Waals surface area contributed by atoms with Gasteiger partial charge in [0.2, 0.25) is 11.7 Å². The highest BCUT2D eigenvalue weighted by Crippen LogP contribution is 2.20. The third-order valence-electron chi connectivity index (χ3n) is 4.51. The lowest BCUT2D eigenvalue weighted by Crippen LogP contribution is -2.24. The lowest BCUT2D eigenvalue weighted by molar-refractivity contribution is -0.146. The van der Waals surface area contributed by atoms with Crippen molar-refractivity contribution in [1.82, 2.24) is 0 Å². The van der Waals surface area contributed by atoms with Crippen molar-refractivity contribution in [2.75, 3.05) is 11.9 Å². The highest BCUT2D eigenvalue weighted by Gasteiger charge is 2.20. The summed E-state index contributed by atoms with van der Waals surface area (Å²) >= 11 is 0. The molecule has 0 radical (unpaired) electrons. The van der Waals surface area contributed by atoms with Crippen molar-refractivity contribution in [2.24, 2.45) is 5.92 Å². The first-order chi connectivity index (χ1) is 14.3. The molecule has 0 aromatic heterocycles. The van der Waals surface area contributed by atoms with E-state index in [4.69, 9.17) is 9.47 Å². The zero-order valence-electron chi connectivity index (χ0n) is 17.9. The maximum Gasteiger partial charge on any atom is 0.306 e. The van der Waals surface area contributed by atoms with E-state index in [1.165, 1.54) is 0 Å². The molecule has 1 amide bonds. The summed E-state index contributed by atoms with van der Waals surface area (Å²) in [5.41, 5.74) is 1.96. The molecule has 0 bridgehead atoms. The maximum atomic E-state index is 12.6. The van der Waals surface area contributed by atoms with E-state index in [9.17, 15) is 14.4 Å². The number of ether oxygens (including phenoxy) is 2. The van der Waals surface area contributed by atoms with Gasteiger partial charge >= 0.3 is 5.97 Å². The van der Waals surface area contributed by atoms with Gasteiger partial charge in [0.15, 0.2) is 6.10 Å². The SMILES string of the molecule is CCOc1ccccc1CCC(=O)O[C@H](C)C(=O)c1ccc(NC(=O)C(C)C)cc1. The second-order valence-corrected chi connectivity index (χ2v) is 7.26. The van der Waals surface area contributed by atoms with Gasteiger partial charge in [0, 0.05) is 23.6 Å². The molecule has 1 N–H and O–H groups in total. The highest BCUT2D eigenvalue weighted by molar-refractivity contribution is 6.01. The summed E-state index contributed by atoms with van der Waals surface area (Å²) in [5.74, 6) is -0.210. The summed E-state index contributed by atoms with van der Waals surface area (Å²) in [6.45, 7) is 7.62. The molecule has 0 spiro atoms. The highest BCUT2D eigenvalue weighted by atomic mass is 16.5. The van der Waals surface area contributed by atoms with E-state index < -0.39 is 12.1 Å². The Hall–Kier alpha value is -3.15. The van der Waals surface area contributed by atoms with Gasteiger partial charge in [0.05, 0.1) is 6.61 Å². The second kappa shape index (κ2) is 11.1. The fourth-order valence-electron chi connectivity index (χ4n) is 2.79. The summed E-state index contributed by atoms with van der Waals surface area (Å²) in [6.07, 6.45) is -0.266. The van der Waals surface area contributed by atoms with Gasteiger partial charge in [0.1, 0.15) is 5.75 Å². The van der Waals surface area contributed by atoms with E-state index in [2.05, 4.69) is 5.32 Å². The first-order valence-electron chi connectivity index (χ1n) is 10.2. The van der Waals surface area contributed by atoms with Crippen LogP contribution in [0.1, 0.15) is 50.0 Å². The van der Waals surface area contributed by atoms with Crippen LogP contribution in [-0.2, 0) is 20.7 Å². The molecule has 0 heterocycles. The number of aryl methyl sites for hydroxylation is 1. The Kier molecular flexibility index (Phi) is 8.59. The molecule has 0 saturated carbocycles. The minimum Gasteiger partial charge on any atom is -0.494 e.